The topological polar surface area (TPSA) is 52.6 Å². The van der Waals surface area contributed by atoms with Crippen LogP contribution in [0.15, 0.2) is 30.3 Å². The van der Waals surface area contributed by atoms with Gasteiger partial charge in [0, 0.05) is 12.8 Å². The standard InChI is InChI=1S/C10H12O2.C8H16O2/c1-2-10(11)12-8-9-6-4-3-5-7-9;1-3-5-7-10-8(9)6-4-2/h3-7H,2,8H2,1H3;3-7H2,1-2H3. The van der Waals surface area contributed by atoms with Crippen molar-refractivity contribution in [2.75, 3.05) is 6.61 Å². The van der Waals surface area contributed by atoms with Gasteiger partial charge in [0.2, 0.25) is 0 Å². The predicted octanol–water partition coefficient (Wildman–Crippen LogP) is 4.27. The molecule has 124 valence electrons. The van der Waals surface area contributed by atoms with Gasteiger partial charge in [0.05, 0.1) is 6.61 Å². The molecule has 0 atom stereocenters. The third-order valence-electron chi connectivity index (χ3n) is 2.75. The van der Waals surface area contributed by atoms with Crippen LogP contribution in [0.5, 0.6) is 0 Å². The fourth-order valence-corrected chi connectivity index (χ4v) is 1.45. The molecule has 0 radical (unpaired) electrons. The first-order valence-electron chi connectivity index (χ1n) is 7.99. The molecular weight excluding hydrogens is 280 g/mol. The van der Waals surface area contributed by atoms with E-state index in [2.05, 4.69) is 6.92 Å². The molecular formula is C18H28O4. The fraction of sp³-hybridized carbons (Fsp3) is 0.556. The highest BCUT2D eigenvalue weighted by Gasteiger charge is 1.98. The zero-order chi connectivity index (χ0) is 16.6. The van der Waals surface area contributed by atoms with Crippen molar-refractivity contribution < 1.29 is 19.1 Å². The number of hydrogen-bond acceptors (Lipinski definition) is 4. The molecule has 0 bridgehead atoms. The second-order valence-electron chi connectivity index (χ2n) is 4.82. The van der Waals surface area contributed by atoms with Crippen LogP contribution in [0.1, 0.15) is 58.4 Å². The van der Waals surface area contributed by atoms with E-state index in [-0.39, 0.29) is 11.9 Å². The SMILES string of the molecule is CCC(=O)OCc1ccccc1.CCCCOC(=O)CCC. The first-order chi connectivity index (χ1) is 10.6. The summed E-state index contributed by atoms with van der Waals surface area (Å²) in [6.07, 6.45) is 3.94. The maximum Gasteiger partial charge on any atom is 0.305 e. The minimum absolute atomic E-state index is 0.0593. The van der Waals surface area contributed by atoms with Crippen molar-refractivity contribution in [2.45, 2.75) is 59.5 Å². The van der Waals surface area contributed by atoms with E-state index in [0.717, 1.165) is 24.8 Å². The average molecular weight is 308 g/mol. The molecule has 0 N–H and O–H groups in total. The monoisotopic (exact) mass is 308 g/mol. The molecule has 0 spiro atoms. The van der Waals surface area contributed by atoms with E-state index >= 15 is 0 Å². The van der Waals surface area contributed by atoms with Gasteiger partial charge in [-0.2, -0.15) is 0 Å². The van der Waals surface area contributed by atoms with Crippen LogP contribution < -0.4 is 0 Å². The number of carbonyl (C=O) groups is 2. The molecule has 4 heteroatoms. The molecule has 1 rings (SSSR count). The zero-order valence-electron chi connectivity index (χ0n) is 14.0. The van der Waals surface area contributed by atoms with Crippen LogP contribution in [0, 0.1) is 0 Å². The summed E-state index contributed by atoms with van der Waals surface area (Å²) in [4.78, 5) is 21.5. The highest BCUT2D eigenvalue weighted by atomic mass is 16.5. The van der Waals surface area contributed by atoms with Crippen molar-refractivity contribution in [3.05, 3.63) is 35.9 Å². The summed E-state index contributed by atoms with van der Waals surface area (Å²) in [5.74, 6) is -0.213. The minimum atomic E-state index is -0.154. The van der Waals surface area contributed by atoms with Crippen LogP contribution in [0.4, 0.5) is 0 Å². The third-order valence-corrected chi connectivity index (χ3v) is 2.75. The Morgan fingerprint density at radius 3 is 2.14 bits per heavy atom. The Morgan fingerprint density at radius 1 is 0.909 bits per heavy atom. The summed E-state index contributed by atoms with van der Waals surface area (Å²) in [6.45, 7) is 6.81. The van der Waals surface area contributed by atoms with Gasteiger partial charge < -0.3 is 9.47 Å². The Hall–Kier alpha value is -1.84. The molecule has 1 aromatic rings. The van der Waals surface area contributed by atoms with Crippen molar-refractivity contribution in [3.8, 4) is 0 Å². The molecule has 0 saturated heterocycles. The largest absolute Gasteiger partial charge is 0.466 e. The van der Waals surface area contributed by atoms with E-state index in [4.69, 9.17) is 9.47 Å². The first kappa shape index (κ1) is 20.2. The van der Waals surface area contributed by atoms with Crippen LogP contribution in [0.3, 0.4) is 0 Å². The Kier molecular flexibility index (Phi) is 12.9. The first-order valence-corrected chi connectivity index (χ1v) is 7.99. The van der Waals surface area contributed by atoms with Crippen molar-refractivity contribution >= 4 is 11.9 Å². The lowest BCUT2D eigenvalue weighted by atomic mass is 10.2. The van der Waals surface area contributed by atoms with E-state index in [1.54, 1.807) is 6.92 Å². The lowest BCUT2D eigenvalue weighted by Gasteiger charge is -2.01. The van der Waals surface area contributed by atoms with Crippen molar-refractivity contribution in [1.82, 2.24) is 0 Å². The van der Waals surface area contributed by atoms with Gasteiger partial charge in [0.1, 0.15) is 6.61 Å². The molecule has 0 amide bonds. The molecule has 1 aromatic carbocycles. The van der Waals surface area contributed by atoms with E-state index in [9.17, 15) is 9.59 Å². The summed E-state index contributed by atoms with van der Waals surface area (Å²) < 4.78 is 9.82. The van der Waals surface area contributed by atoms with Gasteiger partial charge in [0.25, 0.3) is 0 Å². The zero-order valence-corrected chi connectivity index (χ0v) is 14.0. The summed E-state index contributed by atoms with van der Waals surface area (Å²) in [5.41, 5.74) is 1.03. The molecule has 0 fully saturated rings. The summed E-state index contributed by atoms with van der Waals surface area (Å²) in [5, 5.41) is 0. The third kappa shape index (κ3) is 11.9. The highest BCUT2D eigenvalue weighted by molar-refractivity contribution is 5.69. The Bertz CT molecular complexity index is 401. The number of carbonyl (C=O) groups excluding carboxylic acids is 2. The molecule has 0 aromatic heterocycles. The Balaban J connectivity index is 0.000000409. The van der Waals surface area contributed by atoms with Gasteiger partial charge >= 0.3 is 11.9 Å². The van der Waals surface area contributed by atoms with Crippen molar-refractivity contribution in [3.63, 3.8) is 0 Å². The predicted molar refractivity (Wildman–Crippen MR) is 87.3 cm³/mol. The van der Waals surface area contributed by atoms with Gasteiger partial charge in [-0.15, -0.1) is 0 Å². The van der Waals surface area contributed by atoms with Crippen molar-refractivity contribution in [2.24, 2.45) is 0 Å². The van der Waals surface area contributed by atoms with Crippen LogP contribution in [0.25, 0.3) is 0 Å². The van der Waals surface area contributed by atoms with Crippen molar-refractivity contribution in [1.29, 1.82) is 0 Å². The smallest absolute Gasteiger partial charge is 0.305 e. The fourth-order valence-electron chi connectivity index (χ4n) is 1.45. The summed E-state index contributed by atoms with van der Waals surface area (Å²) in [6, 6.07) is 9.65. The quantitative estimate of drug-likeness (QED) is 0.531. The molecule has 0 saturated carbocycles. The second-order valence-corrected chi connectivity index (χ2v) is 4.82. The van der Waals surface area contributed by atoms with Crippen LogP contribution in [0.2, 0.25) is 0 Å². The number of rotatable bonds is 8. The van der Waals surface area contributed by atoms with Gasteiger partial charge in [-0.3, -0.25) is 9.59 Å². The van der Waals surface area contributed by atoms with E-state index in [0.29, 0.717) is 26.1 Å². The Morgan fingerprint density at radius 2 is 1.59 bits per heavy atom. The molecule has 0 aliphatic carbocycles. The van der Waals surface area contributed by atoms with E-state index < -0.39 is 0 Å². The molecule has 0 unspecified atom stereocenters. The van der Waals surface area contributed by atoms with Crippen LogP contribution in [-0.2, 0) is 25.7 Å². The Labute approximate surface area is 133 Å². The van der Waals surface area contributed by atoms with Gasteiger partial charge in [-0.25, -0.2) is 0 Å². The molecule has 0 heterocycles. The van der Waals surface area contributed by atoms with Crippen LogP contribution in [-0.4, -0.2) is 18.5 Å². The number of ether oxygens (including phenoxy) is 2. The molecule has 4 nitrogen and oxygen atoms in total. The summed E-state index contributed by atoms with van der Waals surface area (Å²) >= 11 is 0. The summed E-state index contributed by atoms with van der Waals surface area (Å²) in [7, 11) is 0. The normalized spacial score (nSPS) is 9.41. The average Bonchev–Trinajstić information content (AvgIpc) is 2.54. The van der Waals surface area contributed by atoms with Gasteiger partial charge in [-0.1, -0.05) is 57.5 Å². The lowest BCUT2D eigenvalue weighted by Crippen LogP contribution is -2.04. The molecule has 0 aliphatic heterocycles. The number of unbranched alkanes of at least 4 members (excludes halogenated alkanes) is 1. The van der Waals surface area contributed by atoms with Gasteiger partial charge in [0.15, 0.2) is 0 Å². The number of hydrogen-bond donors (Lipinski definition) is 0. The minimum Gasteiger partial charge on any atom is -0.466 e. The molecule has 0 aliphatic rings. The molecule has 22 heavy (non-hydrogen) atoms. The lowest BCUT2D eigenvalue weighted by molar-refractivity contribution is -0.145. The van der Waals surface area contributed by atoms with E-state index in [1.807, 2.05) is 37.3 Å². The maximum atomic E-state index is 10.8. The highest BCUT2D eigenvalue weighted by Crippen LogP contribution is 2.01. The maximum absolute atomic E-state index is 10.8. The van der Waals surface area contributed by atoms with E-state index in [1.165, 1.54) is 0 Å². The van der Waals surface area contributed by atoms with Crippen LogP contribution >= 0.6 is 0 Å². The number of esters is 2. The second kappa shape index (κ2) is 14.1. The van der Waals surface area contributed by atoms with Gasteiger partial charge in [-0.05, 0) is 18.4 Å². The number of benzene rings is 1.